The number of aromatic amines is 1. The number of nitrogens with two attached hydrogens (primary N) is 1. The van der Waals surface area contributed by atoms with E-state index >= 15 is 0 Å². The summed E-state index contributed by atoms with van der Waals surface area (Å²) < 4.78 is 59.6. The molecule has 0 bridgehead atoms. The first-order valence-electron chi connectivity index (χ1n) is 5.65. The molecule has 4 N–H and O–H groups in total. The van der Waals surface area contributed by atoms with Crippen LogP contribution in [-0.2, 0) is 9.84 Å². The fraction of sp³-hybridized carbons (Fsp3) is 0.0909. The number of H-pyrrole nitrogens is 1. The predicted octanol–water partition coefficient (Wildman–Crippen LogP) is 1.55. The third kappa shape index (κ3) is 2.88. The van der Waals surface area contributed by atoms with E-state index in [1.54, 1.807) is 0 Å². The van der Waals surface area contributed by atoms with Crippen LogP contribution in [0.3, 0.4) is 0 Å². The number of nitrogens with one attached hydrogen (secondary N) is 2. The Morgan fingerprint density at radius 2 is 1.82 bits per heavy atom. The van der Waals surface area contributed by atoms with E-state index in [9.17, 15) is 26.4 Å². The second-order valence-corrected chi connectivity index (χ2v) is 6.05. The molecule has 1 amide bonds. The van der Waals surface area contributed by atoms with E-state index in [0.29, 0.717) is 0 Å². The molecule has 0 aliphatic carbocycles. The molecule has 0 unspecified atom stereocenters. The molecule has 0 aliphatic rings. The number of carbonyl (C=O) groups excluding carboxylic acids is 1. The van der Waals surface area contributed by atoms with Gasteiger partial charge in [-0.2, -0.15) is 18.3 Å². The fourth-order valence-electron chi connectivity index (χ4n) is 1.56. The van der Waals surface area contributed by atoms with Crippen molar-refractivity contribution in [1.82, 2.24) is 10.2 Å². The third-order valence-corrected chi connectivity index (χ3v) is 4.14. The molecule has 2 aromatic rings. The van der Waals surface area contributed by atoms with Crippen molar-refractivity contribution in [3.63, 3.8) is 0 Å². The summed E-state index contributed by atoms with van der Waals surface area (Å²) in [6.45, 7) is 0. The van der Waals surface area contributed by atoms with E-state index in [-0.39, 0.29) is 17.1 Å². The molecule has 118 valence electrons. The number of benzene rings is 1. The van der Waals surface area contributed by atoms with Crippen molar-refractivity contribution in [3.05, 3.63) is 36.0 Å². The molecule has 0 spiro atoms. The first-order chi connectivity index (χ1) is 10.1. The normalized spacial score (nSPS) is 12.1. The fourth-order valence-corrected chi connectivity index (χ4v) is 2.32. The van der Waals surface area contributed by atoms with Crippen LogP contribution in [0.1, 0.15) is 10.4 Å². The van der Waals surface area contributed by atoms with Crippen LogP contribution in [0.15, 0.2) is 35.4 Å². The summed E-state index contributed by atoms with van der Waals surface area (Å²) in [6.07, 6.45) is 1.24. The summed E-state index contributed by atoms with van der Waals surface area (Å²) in [6, 6.07) is 3.81. The number of rotatable bonds is 4. The maximum Gasteiger partial charge on any atom is 0.501 e. The summed E-state index contributed by atoms with van der Waals surface area (Å²) >= 11 is 0. The van der Waals surface area contributed by atoms with E-state index < -0.39 is 26.1 Å². The van der Waals surface area contributed by atoms with Gasteiger partial charge in [0, 0.05) is 11.9 Å². The molecule has 0 fully saturated rings. The second kappa shape index (κ2) is 5.33. The van der Waals surface area contributed by atoms with Gasteiger partial charge in [-0.15, -0.1) is 0 Å². The third-order valence-electron chi connectivity index (χ3n) is 2.64. The monoisotopic (exact) mass is 334 g/mol. The van der Waals surface area contributed by atoms with Crippen LogP contribution < -0.4 is 11.1 Å². The van der Waals surface area contributed by atoms with Crippen molar-refractivity contribution >= 4 is 27.2 Å². The Morgan fingerprint density at radius 1 is 1.23 bits per heavy atom. The molecule has 11 heteroatoms. The minimum absolute atomic E-state index is 0.0481. The number of primary amides is 1. The highest BCUT2D eigenvalue weighted by atomic mass is 32.2. The Balaban J connectivity index is 2.27. The summed E-state index contributed by atoms with van der Waals surface area (Å²) in [4.78, 5) is 10.2. The Bertz CT molecular complexity index is 797. The Kier molecular flexibility index (Phi) is 3.83. The van der Waals surface area contributed by atoms with Crippen molar-refractivity contribution in [1.29, 1.82) is 0 Å². The Morgan fingerprint density at radius 3 is 2.32 bits per heavy atom. The molecular formula is C11H9F3N4O3S. The van der Waals surface area contributed by atoms with Gasteiger partial charge in [0.15, 0.2) is 5.82 Å². The van der Waals surface area contributed by atoms with Crippen molar-refractivity contribution in [2.24, 2.45) is 5.73 Å². The van der Waals surface area contributed by atoms with Crippen LogP contribution in [0.25, 0.3) is 0 Å². The molecular weight excluding hydrogens is 325 g/mol. The maximum absolute atomic E-state index is 12.4. The zero-order valence-electron chi connectivity index (χ0n) is 10.7. The van der Waals surface area contributed by atoms with Gasteiger partial charge in [-0.25, -0.2) is 8.42 Å². The van der Waals surface area contributed by atoms with Gasteiger partial charge >= 0.3 is 5.51 Å². The first-order valence-corrected chi connectivity index (χ1v) is 7.13. The van der Waals surface area contributed by atoms with Gasteiger partial charge in [-0.3, -0.25) is 9.89 Å². The van der Waals surface area contributed by atoms with Gasteiger partial charge < -0.3 is 11.1 Å². The lowest BCUT2D eigenvalue weighted by molar-refractivity contribution is -0.0436. The molecule has 1 heterocycles. The number of carbonyl (C=O) groups is 1. The predicted molar refractivity (Wildman–Crippen MR) is 70.1 cm³/mol. The lowest BCUT2D eigenvalue weighted by Crippen LogP contribution is -2.23. The van der Waals surface area contributed by atoms with Gasteiger partial charge in [-0.1, -0.05) is 0 Å². The van der Waals surface area contributed by atoms with Gasteiger partial charge in [0.2, 0.25) is 0 Å². The van der Waals surface area contributed by atoms with Crippen molar-refractivity contribution < 1.29 is 26.4 Å². The number of hydrogen-bond donors (Lipinski definition) is 3. The van der Waals surface area contributed by atoms with E-state index in [0.717, 1.165) is 24.3 Å². The van der Waals surface area contributed by atoms with Gasteiger partial charge in [0.05, 0.1) is 4.90 Å². The number of hydrogen-bond acceptors (Lipinski definition) is 5. The lowest BCUT2D eigenvalue weighted by atomic mass is 10.3. The van der Waals surface area contributed by atoms with Crippen LogP contribution in [-0.4, -0.2) is 30.0 Å². The maximum atomic E-state index is 12.4. The standard InChI is InChI=1S/C11H9F3N4O3S/c12-11(13,14)22(20,21)7-3-1-6(2-4-7)17-10-8(9(15)19)5-16-18-10/h1-5H,(H2,15,19)(H2,16,17,18). The van der Waals surface area contributed by atoms with E-state index in [4.69, 9.17) is 5.73 Å². The number of nitrogens with zero attached hydrogens (tertiary/aromatic N) is 1. The van der Waals surface area contributed by atoms with Crippen LogP contribution in [0.4, 0.5) is 24.7 Å². The molecule has 0 aliphatic heterocycles. The minimum Gasteiger partial charge on any atom is -0.365 e. The molecule has 1 aromatic heterocycles. The zero-order chi connectivity index (χ0) is 16.5. The van der Waals surface area contributed by atoms with Gasteiger partial charge in [0.25, 0.3) is 15.7 Å². The molecule has 22 heavy (non-hydrogen) atoms. The van der Waals surface area contributed by atoms with Crippen LogP contribution >= 0.6 is 0 Å². The first kappa shape index (κ1) is 15.8. The van der Waals surface area contributed by atoms with Crippen molar-refractivity contribution in [2.45, 2.75) is 10.4 Å². The summed E-state index contributed by atoms with van der Waals surface area (Å²) in [5.74, 6) is -0.688. The number of alkyl halides is 3. The lowest BCUT2D eigenvalue weighted by Gasteiger charge is -2.09. The molecule has 0 saturated heterocycles. The Labute approximate surface area is 122 Å². The highest BCUT2D eigenvalue weighted by Gasteiger charge is 2.46. The van der Waals surface area contributed by atoms with Crippen LogP contribution in [0.5, 0.6) is 0 Å². The summed E-state index contributed by atoms with van der Waals surface area (Å²) in [7, 11) is -5.40. The molecule has 2 rings (SSSR count). The molecule has 7 nitrogen and oxygen atoms in total. The van der Waals surface area contributed by atoms with Crippen LogP contribution in [0.2, 0.25) is 0 Å². The molecule has 0 saturated carbocycles. The average Bonchev–Trinajstić information content (AvgIpc) is 2.86. The zero-order valence-corrected chi connectivity index (χ0v) is 11.5. The molecule has 0 radical (unpaired) electrons. The largest absolute Gasteiger partial charge is 0.501 e. The second-order valence-electron chi connectivity index (χ2n) is 4.11. The number of aromatic nitrogens is 2. The number of sulfone groups is 1. The number of amides is 1. The summed E-state index contributed by atoms with van der Waals surface area (Å²) in [5.41, 5.74) is 0.00703. The van der Waals surface area contributed by atoms with Crippen molar-refractivity contribution in [2.75, 3.05) is 5.32 Å². The highest BCUT2D eigenvalue weighted by Crippen LogP contribution is 2.31. The number of halogens is 3. The Hall–Kier alpha value is -2.56. The van der Waals surface area contributed by atoms with E-state index in [2.05, 4.69) is 15.5 Å². The van der Waals surface area contributed by atoms with E-state index in [1.165, 1.54) is 6.20 Å². The highest BCUT2D eigenvalue weighted by molar-refractivity contribution is 7.92. The average molecular weight is 334 g/mol. The topological polar surface area (TPSA) is 118 Å². The van der Waals surface area contributed by atoms with Crippen LogP contribution in [0, 0.1) is 0 Å². The molecule has 0 atom stereocenters. The summed E-state index contributed by atoms with van der Waals surface area (Å²) in [5, 5.41) is 8.74. The van der Waals surface area contributed by atoms with Gasteiger partial charge in [-0.05, 0) is 24.3 Å². The smallest absolute Gasteiger partial charge is 0.365 e. The minimum atomic E-state index is -5.40. The van der Waals surface area contributed by atoms with E-state index in [1.807, 2.05) is 0 Å². The molecule has 1 aromatic carbocycles. The van der Waals surface area contributed by atoms with Crippen molar-refractivity contribution in [3.8, 4) is 0 Å². The van der Waals surface area contributed by atoms with Gasteiger partial charge in [0.1, 0.15) is 5.56 Å². The quantitative estimate of drug-likeness (QED) is 0.784. The SMILES string of the molecule is NC(=O)c1c[nH]nc1Nc1ccc(S(=O)(=O)C(F)(F)F)cc1. The number of anilines is 2.